The Morgan fingerprint density at radius 1 is 1.04 bits per heavy atom. The molecule has 0 saturated heterocycles. The van der Waals surface area contributed by atoms with E-state index in [2.05, 4.69) is 10.3 Å². The number of hydrogen-bond donors (Lipinski definition) is 1. The topological polar surface area (TPSA) is 109 Å². The van der Waals surface area contributed by atoms with Crippen LogP contribution in [0.3, 0.4) is 0 Å². The lowest BCUT2D eigenvalue weighted by molar-refractivity contribution is 0.619. The molecule has 0 radical (unpaired) electrons. The number of nitrogens with zero attached hydrogens (tertiary/aromatic N) is 4. The predicted molar refractivity (Wildman–Crippen MR) is 96.4 cm³/mol. The SMILES string of the molecule is Cc1ccc2oc(-c3cccc(NC(C#N)=C(C#N)C#N)c3C)nc2c1. The fourth-order valence-electron chi connectivity index (χ4n) is 2.57. The Morgan fingerprint density at radius 3 is 2.50 bits per heavy atom. The van der Waals surface area contributed by atoms with Gasteiger partial charge < -0.3 is 9.73 Å². The molecule has 0 fully saturated rings. The summed E-state index contributed by atoms with van der Waals surface area (Å²) in [6.07, 6.45) is 0. The Kier molecular flexibility index (Phi) is 4.39. The maximum absolute atomic E-state index is 9.22. The number of aryl methyl sites for hydroxylation is 1. The second-order valence-electron chi connectivity index (χ2n) is 5.68. The monoisotopic (exact) mass is 339 g/mol. The number of nitriles is 3. The van der Waals surface area contributed by atoms with Gasteiger partial charge in [0.2, 0.25) is 5.89 Å². The van der Waals surface area contributed by atoms with Crippen LogP contribution >= 0.6 is 0 Å². The van der Waals surface area contributed by atoms with E-state index in [1.54, 1.807) is 24.3 Å². The van der Waals surface area contributed by atoms with Gasteiger partial charge in [0.1, 0.15) is 29.4 Å². The van der Waals surface area contributed by atoms with Crippen molar-refractivity contribution in [3.63, 3.8) is 0 Å². The molecule has 0 amide bonds. The Morgan fingerprint density at radius 2 is 1.81 bits per heavy atom. The van der Waals surface area contributed by atoms with Gasteiger partial charge in [-0.15, -0.1) is 0 Å². The number of aromatic nitrogens is 1. The average Bonchev–Trinajstić information content (AvgIpc) is 3.05. The molecule has 1 aromatic heterocycles. The first-order chi connectivity index (χ1) is 12.6. The molecule has 2 aromatic carbocycles. The number of nitrogens with one attached hydrogen (secondary N) is 1. The van der Waals surface area contributed by atoms with Crippen LogP contribution in [-0.4, -0.2) is 4.98 Å². The van der Waals surface area contributed by atoms with Crippen molar-refractivity contribution in [2.75, 3.05) is 5.32 Å². The maximum atomic E-state index is 9.22. The number of allylic oxidation sites excluding steroid dienone is 2. The van der Waals surface area contributed by atoms with Gasteiger partial charge in [0.15, 0.2) is 11.2 Å². The van der Waals surface area contributed by atoms with Crippen molar-refractivity contribution in [3.05, 3.63) is 58.8 Å². The molecule has 0 aliphatic rings. The van der Waals surface area contributed by atoms with E-state index in [4.69, 9.17) is 14.9 Å². The van der Waals surface area contributed by atoms with Crippen LogP contribution in [0.1, 0.15) is 11.1 Å². The van der Waals surface area contributed by atoms with E-state index in [-0.39, 0.29) is 11.3 Å². The van der Waals surface area contributed by atoms with E-state index >= 15 is 0 Å². The highest BCUT2D eigenvalue weighted by atomic mass is 16.3. The van der Waals surface area contributed by atoms with Gasteiger partial charge in [-0.05, 0) is 49.2 Å². The summed E-state index contributed by atoms with van der Waals surface area (Å²) in [4.78, 5) is 4.54. The molecular weight excluding hydrogens is 326 g/mol. The van der Waals surface area contributed by atoms with Crippen LogP contribution in [0.5, 0.6) is 0 Å². The first kappa shape index (κ1) is 16.8. The molecule has 0 atom stereocenters. The predicted octanol–water partition coefficient (Wildman–Crippen LogP) is 4.35. The number of anilines is 1. The van der Waals surface area contributed by atoms with Gasteiger partial charge in [0.25, 0.3) is 0 Å². The van der Waals surface area contributed by atoms with Gasteiger partial charge in [-0.3, -0.25) is 0 Å². The van der Waals surface area contributed by atoms with Gasteiger partial charge in [0, 0.05) is 11.3 Å². The van der Waals surface area contributed by atoms with Gasteiger partial charge >= 0.3 is 0 Å². The normalized spacial score (nSPS) is 9.81. The fourth-order valence-corrected chi connectivity index (χ4v) is 2.57. The summed E-state index contributed by atoms with van der Waals surface area (Å²) in [5.41, 5.74) is 4.34. The van der Waals surface area contributed by atoms with E-state index in [1.165, 1.54) is 0 Å². The number of fused-ring (bicyclic) bond motifs is 1. The van der Waals surface area contributed by atoms with E-state index in [0.29, 0.717) is 17.2 Å². The Bertz CT molecular complexity index is 1150. The van der Waals surface area contributed by atoms with Crippen molar-refractivity contribution in [1.82, 2.24) is 4.98 Å². The minimum Gasteiger partial charge on any atom is -0.436 e. The van der Waals surface area contributed by atoms with Crippen LogP contribution in [-0.2, 0) is 0 Å². The lowest BCUT2D eigenvalue weighted by atomic mass is 10.1. The van der Waals surface area contributed by atoms with Crippen molar-refractivity contribution < 1.29 is 4.42 Å². The summed E-state index contributed by atoms with van der Waals surface area (Å²) in [5.74, 6) is 0.468. The summed E-state index contributed by atoms with van der Waals surface area (Å²) >= 11 is 0. The molecule has 124 valence electrons. The maximum Gasteiger partial charge on any atom is 0.227 e. The summed E-state index contributed by atoms with van der Waals surface area (Å²) in [7, 11) is 0. The molecule has 6 nitrogen and oxygen atoms in total. The quantitative estimate of drug-likeness (QED) is 0.710. The first-order valence-electron chi connectivity index (χ1n) is 7.76. The van der Waals surface area contributed by atoms with E-state index in [0.717, 1.165) is 22.2 Å². The van der Waals surface area contributed by atoms with Gasteiger partial charge in [-0.25, -0.2) is 4.98 Å². The second kappa shape index (κ2) is 6.81. The van der Waals surface area contributed by atoms with Crippen LogP contribution in [0.15, 0.2) is 52.1 Å². The Hall–Kier alpha value is -4.08. The Labute approximate surface area is 150 Å². The second-order valence-corrected chi connectivity index (χ2v) is 5.68. The minimum atomic E-state index is -0.269. The number of benzene rings is 2. The molecule has 0 aliphatic heterocycles. The van der Waals surface area contributed by atoms with E-state index in [9.17, 15) is 5.26 Å². The largest absolute Gasteiger partial charge is 0.436 e. The van der Waals surface area contributed by atoms with Crippen LogP contribution < -0.4 is 5.32 Å². The van der Waals surface area contributed by atoms with Crippen LogP contribution in [0, 0.1) is 47.8 Å². The lowest BCUT2D eigenvalue weighted by Crippen LogP contribution is -2.03. The standard InChI is InChI=1S/C20H13N5O/c1-12-6-7-19-17(8-12)25-20(26-19)15-4-3-5-16(13(15)2)24-18(11-23)14(9-21)10-22/h3-8,24H,1-2H3. The summed E-state index contributed by atoms with van der Waals surface area (Å²) < 4.78 is 5.85. The van der Waals surface area contributed by atoms with Crippen molar-refractivity contribution >= 4 is 16.8 Å². The van der Waals surface area contributed by atoms with E-state index in [1.807, 2.05) is 44.2 Å². The molecular formula is C20H13N5O. The van der Waals surface area contributed by atoms with Crippen molar-refractivity contribution in [2.24, 2.45) is 0 Å². The van der Waals surface area contributed by atoms with Crippen molar-refractivity contribution in [1.29, 1.82) is 15.8 Å². The number of hydrogen-bond acceptors (Lipinski definition) is 6. The average molecular weight is 339 g/mol. The molecule has 6 heteroatoms. The number of rotatable bonds is 3. The highest BCUT2D eigenvalue weighted by molar-refractivity contribution is 5.79. The van der Waals surface area contributed by atoms with Gasteiger partial charge in [-0.2, -0.15) is 15.8 Å². The van der Waals surface area contributed by atoms with Crippen LogP contribution in [0.25, 0.3) is 22.6 Å². The zero-order valence-electron chi connectivity index (χ0n) is 14.2. The van der Waals surface area contributed by atoms with Crippen molar-refractivity contribution in [3.8, 4) is 29.7 Å². The smallest absolute Gasteiger partial charge is 0.227 e. The zero-order valence-corrected chi connectivity index (χ0v) is 14.2. The van der Waals surface area contributed by atoms with Crippen LogP contribution in [0.2, 0.25) is 0 Å². The molecule has 0 spiro atoms. The van der Waals surface area contributed by atoms with Gasteiger partial charge in [-0.1, -0.05) is 12.1 Å². The molecule has 1 heterocycles. The molecule has 0 bridgehead atoms. The fraction of sp³-hybridized carbons (Fsp3) is 0.100. The molecule has 3 aromatic rings. The summed E-state index contributed by atoms with van der Waals surface area (Å²) in [6, 6.07) is 16.5. The summed E-state index contributed by atoms with van der Waals surface area (Å²) in [6.45, 7) is 3.84. The third-order valence-electron chi connectivity index (χ3n) is 3.95. The molecule has 1 N–H and O–H groups in total. The lowest BCUT2D eigenvalue weighted by Gasteiger charge is -2.10. The first-order valence-corrected chi connectivity index (χ1v) is 7.76. The van der Waals surface area contributed by atoms with Crippen molar-refractivity contribution in [2.45, 2.75) is 13.8 Å². The highest BCUT2D eigenvalue weighted by Gasteiger charge is 2.14. The highest BCUT2D eigenvalue weighted by Crippen LogP contribution is 2.31. The summed E-state index contributed by atoms with van der Waals surface area (Å²) in [5, 5.41) is 30.0. The third-order valence-corrected chi connectivity index (χ3v) is 3.95. The zero-order chi connectivity index (χ0) is 18.7. The molecule has 0 aliphatic carbocycles. The van der Waals surface area contributed by atoms with Gasteiger partial charge in [0.05, 0.1) is 0 Å². The molecule has 26 heavy (non-hydrogen) atoms. The minimum absolute atomic E-state index is 0.0940. The number of oxazole rings is 1. The molecule has 0 unspecified atom stereocenters. The Balaban J connectivity index is 2.07. The molecule has 0 saturated carbocycles. The van der Waals surface area contributed by atoms with Crippen LogP contribution in [0.4, 0.5) is 5.69 Å². The van der Waals surface area contributed by atoms with E-state index < -0.39 is 0 Å². The molecule has 3 rings (SSSR count). The third kappa shape index (κ3) is 2.98.